The van der Waals surface area contributed by atoms with Crippen molar-refractivity contribution < 1.29 is 0 Å². The highest BCUT2D eigenvalue weighted by Crippen LogP contribution is 2.28. The SMILES string of the molecule is C=C/C=C(\C=C)C(=C)N1CCN(C(=C)C(=C)c2ccc(C)cc2)C(C)C1. The van der Waals surface area contributed by atoms with Crippen molar-refractivity contribution in [1.82, 2.24) is 9.80 Å². The summed E-state index contributed by atoms with van der Waals surface area (Å²) in [5, 5.41) is 0. The summed E-state index contributed by atoms with van der Waals surface area (Å²) < 4.78 is 0. The summed E-state index contributed by atoms with van der Waals surface area (Å²) >= 11 is 0. The lowest BCUT2D eigenvalue weighted by molar-refractivity contribution is 0.144. The molecule has 0 radical (unpaired) electrons. The number of hydrogen-bond acceptors (Lipinski definition) is 2. The van der Waals surface area contributed by atoms with Crippen molar-refractivity contribution in [3.05, 3.63) is 103 Å². The second kappa shape index (κ2) is 8.57. The maximum Gasteiger partial charge on any atom is 0.0437 e. The monoisotopic (exact) mass is 346 g/mol. The van der Waals surface area contributed by atoms with Crippen LogP contribution in [0.3, 0.4) is 0 Å². The van der Waals surface area contributed by atoms with E-state index in [1.807, 2.05) is 12.2 Å². The summed E-state index contributed by atoms with van der Waals surface area (Å²) in [6.07, 6.45) is 5.55. The number of hydrogen-bond donors (Lipinski definition) is 0. The van der Waals surface area contributed by atoms with E-state index in [0.29, 0.717) is 6.04 Å². The Morgan fingerprint density at radius 3 is 2.23 bits per heavy atom. The molecule has 1 heterocycles. The van der Waals surface area contributed by atoms with Gasteiger partial charge in [-0.15, -0.1) is 0 Å². The molecule has 2 rings (SSSR count). The lowest BCUT2D eigenvalue weighted by Gasteiger charge is -2.44. The van der Waals surface area contributed by atoms with Gasteiger partial charge in [-0.25, -0.2) is 0 Å². The number of aryl methyl sites for hydroxylation is 1. The Morgan fingerprint density at radius 1 is 1.04 bits per heavy atom. The van der Waals surface area contributed by atoms with Crippen molar-refractivity contribution in [2.45, 2.75) is 19.9 Å². The average molecular weight is 347 g/mol. The molecule has 0 N–H and O–H groups in total. The first-order chi connectivity index (χ1) is 12.4. The fourth-order valence-corrected chi connectivity index (χ4v) is 3.29. The van der Waals surface area contributed by atoms with Gasteiger partial charge in [0.2, 0.25) is 0 Å². The lowest BCUT2D eigenvalue weighted by atomic mass is 10.0. The van der Waals surface area contributed by atoms with Crippen LogP contribution >= 0.6 is 0 Å². The largest absolute Gasteiger partial charge is 0.368 e. The molecule has 1 saturated heterocycles. The molecule has 1 fully saturated rings. The van der Waals surface area contributed by atoms with Crippen molar-refractivity contribution in [3.8, 4) is 0 Å². The summed E-state index contributed by atoms with van der Waals surface area (Å²) in [5.74, 6) is 0. The zero-order valence-electron chi connectivity index (χ0n) is 16.2. The Kier molecular flexibility index (Phi) is 6.46. The van der Waals surface area contributed by atoms with Crippen LogP contribution in [0.5, 0.6) is 0 Å². The molecule has 0 bridgehead atoms. The zero-order chi connectivity index (χ0) is 19.3. The summed E-state index contributed by atoms with van der Waals surface area (Å²) in [4.78, 5) is 4.65. The average Bonchev–Trinajstić information content (AvgIpc) is 2.65. The van der Waals surface area contributed by atoms with Gasteiger partial charge in [0.05, 0.1) is 0 Å². The van der Waals surface area contributed by atoms with E-state index in [0.717, 1.165) is 47.7 Å². The van der Waals surface area contributed by atoms with Crippen LogP contribution in [0.1, 0.15) is 18.1 Å². The third kappa shape index (κ3) is 4.26. The maximum absolute atomic E-state index is 4.32. The van der Waals surface area contributed by atoms with E-state index >= 15 is 0 Å². The van der Waals surface area contributed by atoms with Crippen LogP contribution < -0.4 is 0 Å². The van der Waals surface area contributed by atoms with Gasteiger partial charge >= 0.3 is 0 Å². The van der Waals surface area contributed by atoms with Gasteiger partial charge in [-0.1, -0.05) is 81.0 Å². The van der Waals surface area contributed by atoms with E-state index in [2.05, 4.69) is 80.8 Å². The van der Waals surface area contributed by atoms with Crippen molar-refractivity contribution in [2.24, 2.45) is 0 Å². The smallest absolute Gasteiger partial charge is 0.0437 e. The highest BCUT2D eigenvalue weighted by molar-refractivity contribution is 5.76. The van der Waals surface area contributed by atoms with Crippen molar-refractivity contribution >= 4 is 5.57 Å². The topological polar surface area (TPSA) is 6.48 Å². The normalized spacial score (nSPS) is 17.6. The fourth-order valence-electron chi connectivity index (χ4n) is 3.29. The van der Waals surface area contributed by atoms with Gasteiger partial charge in [0.15, 0.2) is 0 Å². The first-order valence-corrected chi connectivity index (χ1v) is 9.00. The number of benzene rings is 1. The minimum Gasteiger partial charge on any atom is -0.368 e. The standard InChI is InChI=1S/C24H30N2/c1-8-10-23(9-2)22(7)25-15-16-26(19(4)17-25)21(6)20(5)24-13-11-18(3)12-14-24/h8-14,19H,1-2,5-7,15-17H2,3-4H3/b23-10+. The van der Waals surface area contributed by atoms with Crippen LogP contribution in [-0.4, -0.2) is 35.5 Å². The molecule has 1 aliphatic heterocycles. The molecule has 26 heavy (non-hydrogen) atoms. The van der Waals surface area contributed by atoms with Gasteiger partial charge < -0.3 is 9.80 Å². The van der Waals surface area contributed by atoms with Crippen LogP contribution in [0, 0.1) is 6.92 Å². The molecule has 1 aliphatic rings. The zero-order valence-corrected chi connectivity index (χ0v) is 16.2. The van der Waals surface area contributed by atoms with E-state index in [9.17, 15) is 0 Å². The number of nitrogens with zero attached hydrogens (tertiary/aromatic N) is 2. The molecule has 0 amide bonds. The third-order valence-corrected chi connectivity index (χ3v) is 4.95. The van der Waals surface area contributed by atoms with E-state index < -0.39 is 0 Å². The first-order valence-electron chi connectivity index (χ1n) is 9.00. The predicted molar refractivity (Wildman–Crippen MR) is 115 cm³/mol. The van der Waals surface area contributed by atoms with Crippen LogP contribution in [0.2, 0.25) is 0 Å². The lowest BCUT2D eigenvalue weighted by Crippen LogP contribution is -2.50. The highest BCUT2D eigenvalue weighted by atomic mass is 15.3. The van der Waals surface area contributed by atoms with Crippen LogP contribution in [0.15, 0.2) is 92.4 Å². The van der Waals surface area contributed by atoms with E-state index in [1.54, 1.807) is 6.08 Å². The molecule has 1 unspecified atom stereocenters. The fraction of sp³-hybridized carbons (Fsp3) is 0.250. The molecule has 1 aromatic carbocycles. The number of piperazine rings is 1. The Hall–Kier alpha value is -2.74. The first kappa shape index (κ1) is 19.6. The van der Waals surface area contributed by atoms with Crippen molar-refractivity contribution in [3.63, 3.8) is 0 Å². The minimum atomic E-state index is 0.324. The van der Waals surface area contributed by atoms with E-state index in [1.165, 1.54) is 5.56 Å². The Balaban J connectivity index is 2.07. The Labute approximate surface area is 158 Å². The number of allylic oxidation sites excluding steroid dienone is 4. The van der Waals surface area contributed by atoms with Gasteiger partial charge in [0, 0.05) is 37.1 Å². The minimum absolute atomic E-state index is 0.324. The van der Waals surface area contributed by atoms with Gasteiger partial charge in [-0.3, -0.25) is 0 Å². The van der Waals surface area contributed by atoms with Crippen LogP contribution in [0.25, 0.3) is 5.57 Å². The molecule has 136 valence electrons. The summed E-state index contributed by atoms with van der Waals surface area (Å²) in [5.41, 5.74) is 6.37. The van der Waals surface area contributed by atoms with Crippen LogP contribution in [0.4, 0.5) is 0 Å². The van der Waals surface area contributed by atoms with Crippen molar-refractivity contribution in [2.75, 3.05) is 19.6 Å². The molecule has 2 nitrogen and oxygen atoms in total. The Morgan fingerprint density at radius 2 is 1.69 bits per heavy atom. The predicted octanol–water partition coefficient (Wildman–Crippen LogP) is 5.34. The molecule has 1 atom stereocenters. The molecule has 0 aliphatic carbocycles. The summed E-state index contributed by atoms with van der Waals surface area (Å²) in [6, 6.07) is 8.78. The molecular formula is C24H30N2. The van der Waals surface area contributed by atoms with Crippen LogP contribution in [-0.2, 0) is 0 Å². The molecular weight excluding hydrogens is 316 g/mol. The van der Waals surface area contributed by atoms with Gasteiger partial charge in [0.1, 0.15) is 0 Å². The third-order valence-electron chi connectivity index (χ3n) is 4.95. The molecule has 0 saturated carbocycles. The number of rotatable bonds is 7. The maximum atomic E-state index is 4.32. The quantitative estimate of drug-likeness (QED) is 0.615. The van der Waals surface area contributed by atoms with E-state index in [-0.39, 0.29) is 0 Å². The van der Waals surface area contributed by atoms with Gasteiger partial charge in [0.25, 0.3) is 0 Å². The summed E-state index contributed by atoms with van der Waals surface area (Å²) in [7, 11) is 0. The Bertz CT molecular complexity index is 749. The summed E-state index contributed by atoms with van der Waals surface area (Å²) in [6.45, 7) is 27.5. The van der Waals surface area contributed by atoms with Gasteiger partial charge in [-0.05, 0) is 30.6 Å². The van der Waals surface area contributed by atoms with Gasteiger partial charge in [-0.2, -0.15) is 0 Å². The highest BCUT2D eigenvalue weighted by Gasteiger charge is 2.26. The molecule has 0 aromatic heterocycles. The second-order valence-electron chi connectivity index (χ2n) is 6.79. The van der Waals surface area contributed by atoms with Crippen molar-refractivity contribution in [1.29, 1.82) is 0 Å². The van der Waals surface area contributed by atoms with E-state index in [4.69, 9.17) is 0 Å². The molecule has 0 spiro atoms. The molecule has 1 aromatic rings. The second-order valence-corrected chi connectivity index (χ2v) is 6.79. The molecule has 2 heteroatoms.